The van der Waals surface area contributed by atoms with Gasteiger partial charge in [-0.25, -0.2) is 4.83 Å². The Morgan fingerprint density at radius 1 is 0.964 bits per heavy atom. The number of halogens is 2. The third-order valence-corrected chi connectivity index (χ3v) is 5.96. The molecule has 0 fully saturated rings. The summed E-state index contributed by atoms with van der Waals surface area (Å²) in [4.78, 5) is 2.41. The zero-order valence-corrected chi connectivity index (χ0v) is 17.9. The highest BCUT2D eigenvalue weighted by molar-refractivity contribution is 7.89. The molecule has 0 unspecified atom stereocenters. The number of hydrogen-bond donors (Lipinski definition) is 1. The quantitative estimate of drug-likeness (QED) is 0.451. The highest BCUT2D eigenvalue weighted by Crippen LogP contribution is 2.26. The minimum atomic E-state index is -3.72. The van der Waals surface area contributed by atoms with Crippen LogP contribution in [0.25, 0.3) is 5.69 Å². The van der Waals surface area contributed by atoms with Gasteiger partial charge in [0.25, 0.3) is 10.0 Å². The van der Waals surface area contributed by atoms with Gasteiger partial charge in [-0.2, -0.15) is 13.5 Å². The maximum atomic E-state index is 12.3. The van der Waals surface area contributed by atoms with Gasteiger partial charge < -0.3 is 4.57 Å². The minimum Gasteiger partial charge on any atom is -0.318 e. The van der Waals surface area contributed by atoms with Crippen molar-refractivity contribution in [2.24, 2.45) is 5.10 Å². The summed E-state index contributed by atoms with van der Waals surface area (Å²) in [6.07, 6.45) is 1.48. The van der Waals surface area contributed by atoms with E-state index in [1.807, 2.05) is 43.5 Å². The van der Waals surface area contributed by atoms with Crippen LogP contribution in [0.4, 0.5) is 0 Å². The lowest BCUT2D eigenvalue weighted by molar-refractivity contribution is 0.584. The number of hydrazone groups is 1. The maximum absolute atomic E-state index is 12.3. The number of sulfonamides is 1. The first kappa shape index (κ1) is 20.5. The zero-order chi connectivity index (χ0) is 20.5. The molecule has 0 spiro atoms. The second-order valence-electron chi connectivity index (χ2n) is 6.46. The number of rotatable bonds is 5. The van der Waals surface area contributed by atoms with Crippen molar-refractivity contribution in [3.05, 3.63) is 81.1 Å². The largest absolute Gasteiger partial charge is 0.318 e. The average molecular weight is 436 g/mol. The van der Waals surface area contributed by atoms with Crippen LogP contribution in [0.5, 0.6) is 0 Å². The lowest BCUT2D eigenvalue weighted by Gasteiger charge is -2.10. The monoisotopic (exact) mass is 435 g/mol. The standard InChI is InChI=1S/C20H19Cl2N3O2S/c1-13-4-6-20(7-5-13)28(26,27)24-23-12-16-8-14(2)25(15(16)3)19-10-17(21)9-18(22)11-19/h4-12,24H,1-3H3/b23-12-. The van der Waals surface area contributed by atoms with E-state index >= 15 is 0 Å². The predicted molar refractivity (Wildman–Crippen MR) is 114 cm³/mol. The van der Waals surface area contributed by atoms with Gasteiger partial charge >= 0.3 is 0 Å². The van der Waals surface area contributed by atoms with Crippen LogP contribution in [-0.2, 0) is 10.0 Å². The first-order valence-corrected chi connectivity index (χ1v) is 10.7. The second-order valence-corrected chi connectivity index (χ2v) is 8.99. The number of benzene rings is 2. The Labute approximate surface area is 174 Å². The van der Waals surface area contributed by atoms with Crippen LogP contribution < -0.4 is 4.83 Å². The summed E-state index contributed by atoms with van der Waals surface area (Å²) in [6.45, 7) is 5.75. The first-order valence-electron chi connectivity index (χ1n) is 8.44. The van der Waals surface area contributed by atoms with E-state index in [0.717, 1.165) is 28.2 Å². The van der Waals surface area contributed by atoms with E-state index in [9.17, 15) is 8.42 Å². The summed E-state index contributed by atoms with van der Waals surface area (Å²) in [6, 6.07) is 13.8. The fraction of sp³-hybridized carbons (Fsp3) is 0.150. The van der Waals surface area contributed by atoms with Gasteiger partial charge in [0, 0.05) is 32.7 Å². The molecular weight excluding hydrogens is 417 g/mol. The van der Waals surface area contributed by atoms with Crippen LogP contribution in [-0.4, -0.2) is 19.2 Å². The van der Waals surface area contributed by atoms with Crippen molar-refractivity contribution in [1.82, 2.24) is 9.40 Å². The third-order valence-electron chi connectivity index (χ3n) is 4.28. The van der Waals surface area contributed by atoms with E-state index in [1.54, 1.807) is 30.3 Å². The molecule has 146 valence electrons. The minimum absolute atomic E-state index is 0.161. The Hall–Kier alpha value is -2.28. The number of aromatic nitrogens is 1. The smallest absolute Gasteiger partial charge is 0.276 e. The molecule has 0 amide bonds. The molecule has 0 bridgehead atoms. The van der Waals surface area contributed by atoms with E-state index in [2.05, 4.69) is 9.93 Å². The molecule has 3 rings (SSSR count). The SMILES string of the molecule is Cc1ccc(S(=O)(=O)N/N=C\c2cc(C)n(-c3cc(Cl)cc(Cl)c3)c2C)cc1. The van der Waals surface area contributed by atoms with Crippen LogP contribution in [0.2, 0.25) is 10.0 Å². The van der Waals surface area contributed by atoms with Gasteiger partial charge in [-0.1, -0.05) is 40.9 Å². The van der Waals surface area contributed by atoms with Crippen molar-refractivity contribution in [3.8, 4) is 5.69 Å². The molecule has 0 atom stereocenters. The molecular formula is C20H19Cl2N3O2S. The number of nitrogens with zero attached hydrogens (tertiary/aromatic N) is 2. The van der Waals surface area contributed by atoms with Gasteiger partial charge in [-0.05, 0) is 57.2 Å². The van der Waals surface area contributed by atoms with Gasteiger partial charge in [0.2, 0.25) is 0 Å². The molecule has 0 saturated carbocycles. The number of hydrogen-bond acceptors (Lipinski definition) is 3. The van der Waals surface area contributed by atoms with Crippen molar-refractivity contribution in [1.29, 1.82) is 0 Å². The summed E-state index contributed by atoms with van der Waals surface area (Å²) < 4.78 is 26.6. The molecule has 1 N–H and O–H groups in total. The molecule has 0 radical (unpaired) electrons. The summed E-state index contributed by atoms with van der Waals surface area (Å²) >= 11 is 12.2. The van der Waals surface area contributed by atoms with Crippen LogP contribution >= 0.6 is 23.2 Å². The van der Waals surface area contributed by atoms with Gasteiger partial charge in [0.15, 0.2) is 0 Å². The predicted octanol–water partition coefficient (Wildman–Crippen LogP) is 5.02. The molecule has 0 saturated heterocycles. The van der Waals surface area contributed by atoms with Crippen LogP contribution in [0, 0.1) is 20.8 Å². The summed E-state index contributed by atoms with van der Waals surface area (Å²) in [5.74, 6) is 0. The van der Waals surface area contributed by atoms with E-state index in [4.69, 9.17) is 23.2 Å². The highest BCUT2D eigenvalue weighted by Gasteiger charge is 2.13. The Morgan fingerprint density at radius 3 is 2.18 bits per heavy atom. The van der Waals surface area contributed by atoms with Crippen molar-refractivity contribution >= 4 is 39.4 Å². The molecule has 2 aromatic carbocycles. The summed E-state index contributed by atoms with van der Waals surface area (Å²) in [5.41, 5.74) is 4.41. The molecule has 0 aliphatic rings. The number of nitrogens with one attached hydrogen (secondary N) is 1. The van der Waals surface area contributed by atoms with Crippen LogP contribution in [0.3, 0.4) is 0 Å². The van der Waals surface area contributed by atoms with Crippen LogP contribution in [0.15, 0.2) is 58.5 Å². The third kappa shape index (κ3) is 4.41. The second kappa shape index (κ2) is 7.99. The average Bonchev–Trinajstić information content (AvgIpc) is 2.88. The molecule has 1 heterocycles. The van der Waals surface area contributed by atoms with Crippen molar-refractivity contribution < 1.29 is 8.42 Å². The molecule has 1 aromatic heterocycles. The van der Waals surface area contributed by atoms with E-state index in [1.165, 1.54) is 6.21 Å². The molecule has 0 aliphatic carbocycles. The maximum Gasteiger partial charge on any atom is 0.276 e. The Kier molecular flexibility index (Phi) is 5.84. The van der Waals surface area contributed by atoms with Gasteiger partial charge in [0.1, 0.15) is 0 Å². The fourth-order valence-electron chi connectivity index (χ4n) is 2.92. The molecule has 0 aliphatic heterocycles. The van der Waals surface area contributed by atoms with Gasteiger partial charge in [-0.3, -0.25) is 0 Å². The Balaban J connectivity index is 1.86. The molecule has 3 aromatic rings. The van der Waals surface area contributed by atoms with Crippen molar-refractivity contribution in [2.75, 3.05) is 0 Å². The molecule has 8 heteroatoms. The lowest BCUT2D eigenvalue weighted by atomic mass is 10.2. The zero-order valence-electron chi connectivity index (χ0n) is 15.6. The molecule has 28 heavy (non-hydrogen) atoms. The topological polar surface area (TPSA) is 63.5 Å². The van der Waals surface area contributed by atoms with Gasteiger partial charge in [-0.15, -0.1) is 0 Å². The first-order chi connectivity index (χ1) is 13.2. The van der Waals surface area contributed by atoms with E-state index in [-0.39, 0.29) is 4.90 Å². The summed E-state index contributed by atoms with van der Waals surface area (Å²) in [7, 11) is -3.72. The summed E-state index contributed by atoms with van der Waals surface area (Å²) in [5, 5.41) is 5.00. The van der Waals surface area contributed by atoms with Crippen LogP contribution in [0.1, 0.15) is 22.5 Å². The molecule has 5 nitrogen and oxygen atoms in total. The van der Waals surface area contributed by atoms with E-state index < -0.39 is 10.0 Å². The Bertz CT molecular complexity index is 1130. The van der Waals surface area contributed by atoms with Crippen molar-refractivity contribution in [3.63, 3.8) is 0 Å². The normalized spacial score (nSPS) is 11.9. The Morgan fingerprint density at radius 2 is 1.57 bits per heavy atom. The fourth-order valence-corrected chi connectivity index (χ4v) is 4.23. The van der Waals surface area contributed by atoms with Crippen molar-refractivity contribution in [2.45, 2.75) is 25.7 Å². The van der Waals surface area contributed by atoms with E-state index in [0.29, 0.717) is 10.0 Å². The highest BCUT2D eigenvalue weighted by atomic mass is 35.5. The number of aryl methyl sites for hydroxylation is 2. The van der Waals surface area contributed by atoms with Gasteiger partial charge in [0.05, 0.1) is 11.1 Å². The lowest BCUT2D eigenvalue weighted by Crippen LogP contribution is -2.18.